The van der Waals surface area contributed by atoms with Gasteiger partial charge >= 0.3 is 7.82 Å². The van der Waals surface area contributed by atoms with Crippen LogP contribution in [-0.4, -0.2) is 9.79 Å². The molecular weight excluding hydrogens is 323 g/mol. The molecule has 0 saturated heterocycles. The van der Waals surface area contributed by atoms with Gasteiger partial charge in [-0.15, -0.1) is 0 Å². The number of phosphoric ester groups is 1. The molecule has 2 N–H and O–H groups in total. The first-order chi connectivity index (χ1) is 11.5. The highest BCUT2D eigenvalue weighted by molar-refractivity contribution is 7.46. The number of hydrogen-bond donors (Lipinski definition) is 2. The first-order valence-electron chi connectivity index (χ1n) is 9.33. The average Bonchev–Trinajstić information content (AvgIpc) is 2.55. The zero-order chi connectivity index (χ0) is 17.4. The van der Waals surface area contributed by atoms with Crippen LogP contribution in [-0.2, 0) is 4.57 Å². The number of rotatable bonds is 9. The summed E-state index contributed by atoms with van der Waals surface area (Å²) in [6.07, 6.45) is 13.3. The summed E-state index contributed by atoms with van der Waals surface area (Å²) in [7, 11) is -4.46. The maximum Gasteiger partial charge on any atom is 0.524 e. The Morgan fingerprint density at radius 3 is 2.21 bits per heavy atom. The summed E-state index contributed by atoms with van der Waals surface area (Å²) in [5, 5.41) is 0. The maximum atomic E-state index is 10.8. The van der Waals surface area contributed by atoms with Crippen molar-refractivity contribution in [3.05, 3.63) is 29.8 Å². The minimum atomic E-state index is -4.46. The lowest BCUT2D eigenvalue weighted by Gasteiger charge is -2.29. The van der Waals surface area contributed by atoms with Crippen molar-refractivity contribution in [2.24, 2.45) is 5.92 Å². The molecule has 1 aliphatic carbocycles. The minimum Gasteiger partial charge on any atom is -0.404 e. The molecule has 0 heterocycles. The van der Waals surface area contributed by atoms with E-state index in [9.17, 15) is 4.57 Å². The van der Waals surface area contributed by atoms with Gasteiger partial charge in [-0.1, -0.05) is 57.6 Å². The van der Waals surface area contributed by atoms with E-state index < -0.39 is 7.82 Å². The molecule has 0 spiro atoms. The normalized spacial score (nSPS) is 21.6. The van der Waals surface area contributed by atoms with E-state index in [0.717, 1.165) is 5.92 Å². The molecule has 0 unspecified atom stereocenters. The summed E-state index contributed by atoms with van der Waals surface area (Å²) in [6, 6.07) is 7.21. The van der Waals surface area contributed by atoms with Crippen LogP contribution in [0.25, 0.3) is 0 Å². The largest absolute Gasteiger partial charge is 0.524 e. The quantitative estimate of drug-likeness (QED) is 0.435. The van der Waals surface area contributed by atoms with Gasteiger partial charge in [-0.05, 0) is 55.2 Å². The van der Waals surface area contributed by atoms with Crippen molar-refractivity contribution < 1.29 is 18.9 Å². The van der Waals surface area contributed by atoms with E-state index in [1.165, 1.54) is 69.8 Å². The Kier molecular flexibility index (Phi) is 7.80. The zero-order valence-corrected chi connectivity index (χ0v) is 15.6. The molecule has 1 fully saturated rings. The third-order valence-corrected chi connectivity index (χ3v) is 5.59. The van der Waals surface area contributed by atoms with Gasteiger partial charge in [0.15, 0.2) is 0 Å². The fourth-order valence-electron chi connectivity index (χ4n) is 3.76. The van der Waals surface area contributed by atoms with Crippen LogP contribution >= 0.6 is 7.82 Å². The first kappa shape index (κ1) is 19.5. The highest BCUT2D eigenvalue weighted by Crippen LogP contribution is 2.40. The van der Waals surface area contributed by atoms with E-state index in [-0.39, 0.29) is 5.75 Å². The average molecular weight is 354 g/mol. The summed E-state index contributed by atoms with van der Waals surface area (Å²) in [5.74, 6) is 1.69. The van der Waals surface area contributed by atoms with Gasteiger partial charge in [0.25, 0.3) is 0 Å². The Bertz CT molecular complexity index is 515. The predicted octanol–water partition coefficient (Wildman–Crippen LogP) is 5.79. The van der Waals surface area contributed by atoms with E-state index in [0.29, 0.717) is 5.92 Å². The van der Waals surface area contributed by atoms with Crippen LogP contribution in [0, 0.1) is 5.92 Å². The lowest BCUT2D eigenvalue weighted by molar-refractivity contribution is 0.283. The molecule has 136 valence electrons. The minimum absolute atomic E-state index is 0.229. The molecule has 0 atom stereocenters. The van der Waals surface area contributed by atoms with Gasteiger partial charge in [0.2, 0.25) is 0 Å². The molecule has 0 bridgehead atoms. The zero-order valence-electron chi connectivity index (χ0n) is 14.7. The third kappa shape index (κ3) is 6.96. The Labute approximate surface area is 145 Å². The van der Waals surface area contributed by atoms with E-state index in [1.807, 2.05) is 12.1 Å². The van der Waals surface area contributed by atoms with Crippen LogP contribution < -0.4 is 4.52 Å². The van der Waals surface area contributed by atoms with E-state index >= 15 is 0 Å². The fraction of sp³-hybridized carbons (Fsp3) is 0.684. The number of phosphoric acid groups is 1. The van der Waals surface area contributed by atoms with Crippen LogP contribution in [0.4, 0.5) is 0 Å². The van der Waals surface area contributed by atoms with Gasteiger partial charge in [0, 0.05) is 0 Å². The van der Waals surface area contributed by atoms with Crippen LogP contribution in [0.5, 0.6) is 5.75 Å². The lowest BCUT2D eigenvalue weighted by Crippen LogP contribution is -2.13. The fourth-order valence-corrected chi connectivity index (χ4v) is 4.16. The standard InChI is InChI=1S/C19H31O4P/c1-2-3-4-5-6-7-16-8-10-17(11-9-16)18-12-14-19(15-13-18)23-24(20,21)22/h12-17H,2-11H2,1H3,(H2,20,21,22). The van der Waals surface area contributed by atoms with E-state index in [4.69, 9.17) is 9.79 Å². The van der Waals surface area contributed by atoms with Crippen molar-refractivity contribution in [2.45, 2.75) is 77.0 Å². The van der Waals surface area contributed by atoms with E-state index in [1.54, 1.807) is 12.1 Å². The predicted molar refractivity (Wildman–Crippen MR) is 97.2 cm³/mol. The van der Waals surface area contributed by atoms with Crippen molar-refractivity contribution in [3.63, 3.8) is 0 Å². The van der Waals surface area contributed by atoms with Crippen molar-refractivity contribution in [1.82, 2.24) is 0 Å². The lowest BCUT2D eigenvalue weighted by atomic mass is 9.77. The summed E-state index contributed by atoms with van der Waals surface area (Å²) in [4.78, 5) is 17.7. The van der Waals surface area contributed by atoms with Crippen LogP contribution in [0.3, 0.4) is 0 Å². The summed E-state index contributed by atoms with van der Waals surface area (Å²) in [5.41, 5.74) is 1.26. The Balaban J connectivity index is 1.73. The molecule has 0 aliphatic heterocycles. The van der Waals surface area contributed by atoms with Crippen LogP contribution in [0.1, 0.15) is 82.6 Å². The second kappa shape index (κ2) is 9.60. The van der Waals surface area contributed by atoms with Crippen LogP contribution in [0.2, 0.25) is 0 Å². The van der Waals surface area contributed by atoms with Gasteiger partial charge in [-0.25, -0.2) is 4.57 Å². The second-order valence-electron chi connectivity index (χ2n) is 7.07. The molecule has 5 heteroatoms. The van der Waals surface area contributed by atoms with Gasteiger partial charge in [-0.2, -0.15) is 0 Å². The van der Waals surface area contributed by atoms with Crippen molar-refractivity contribution in [3.8, 4) is 5.75 Å². The molecular formula is C19H31O4P. The smallest absolute Gasteiger partial charge is 0.404 e. The van der Waals surface area contributed by atoms with E-state index in [2.05, 4.69) is 11.4 Å². The summed E-state index contributed by atoms with van der Waals surface area (Å²) in [6.45, 7) is 2.26. The second-order valence-corrected chi connectivity index (χ2v) is 8.24. The topological polar surface area (TPSA) is 66.8 Å². The van der Waals surface area contributed by atoms with Crippen molar-refractivity contribution in [2.75, 3.05) is 0 Å². The van der Waals surface area contributed by atoms with Gasteiger partial charge < -0.3 is 4.52 Å². The molecule has 1 aromatic rings. The highest BCUT2D eigenvalue weighted by atomic mass is 31.2. The summed E-state index contributed by atoms with van der Waals surface area (Å²) >= 11 is 0. The van der Waals surface area contributed by atoms with Gasteiger partial charge in [-0.3, -0.25) is 9.79 Å². The molecule has 1 aliphatic rings. The van der Waals surface area contributed by atoms with Gasteiger partial charge in [0.05, 0.1) is 0 Å². The highest BCUT2D eigenvalue weighted by Gasteiger charge is 2.22. The van der Waals surface area contributed by atoms with Gasteiger partial charge in [0.1, 0.15) is 5.75 Å². The molecule has 0 radical (unpaired) electrons. The Morgan fingerprint density at radius 2 is 1.62 bits per heavy atom. The maximum absolute atomic E-state index is 10.8. The van der Waals surface area contributed by atoms with Crippen molar-refractivity contribution in [1.29, 1.82) is 0 Å². The first-order valence-corrected chi connectivity index (χ1v) is 10.9. The van der Waals surface area contributed by atoms with Crippen LogP contribution in [0.15, 0.2) is 24.3 Å². The molecule has 24 heavy (non-hydrogen) atoms. The molecule has 2 rings (SSSR count). The monoisotopic (exact) mass is 354 g/mol. The molecule has 1 saturated carbocycles. The molecule has 4 nitrogen and oxygen atoms in total. The molecule has 1 aromatic carbocycles. The van der Waals surface area contributed by atoms with Crippen molar-refractivity contribution >= 4 is 7.82 Å². The summed E-state index contributed by atoms with van der Waals surface area (Å²) < 4.78 is 15.4. The Hall–Kier alpha value is -0.830. The third-order valence-electron chi connectivity index (χ3n) is 5.14. The Morgan fingerprint density at radius 1 is 1.00 bits per heavy atom. The molecule has 0 aromatic heterocycles. The molecule has 0 amide bonds. The SMILES string of the molecule is CCCCCCCC1CCC(c2ccc(OP(=O)(O)O)cc2)CC1. The number of hydrogen-bond acceptors (Lipinski definition) is 2. The number of benzene rings is 1. The number of unbranched alkanes of at least 4 members (excludes halogenated alkanes) is 4.